The van der Waals surface area contributed by atoms with Gasteiger partial charge in [0.15, 0.2) is 0 Å². The van der Waals surface area contributed by atoms with E-state index >= 15 is 0 Å². The van der Waals surface area contributed by atoms with Crippen LogP contribution in [0, 0.1) is 5.92 Å². The van der Waals surface area contributed by atoms with Gasteiger partial charge in [0.25, 0.3) is 0 Å². The van der Waals surface area contributed by atoms with Gasteiger partial charge < -0.3 is 5.73 Å². The van der Waals surface area contributed by atoms with Crippen LogP contribution in [0.15, 0.2) is 0 Å². The van der Waals surface area contributed by atoms with Crippen LogP contribution in [0.25, 0.3) is 0 Å². The van der Waals surface area contributed by atoms with E-state index in [1.807, 2.05) is 0 Å². The van der Waals surface area contributed by atoms with Crippen molar-refractivity contribution in [2.75, 3.05) is 32.7 Å². The van der Waals surface area contributed by atoms with Crippen LogP contribution in [0.3, 0.4) is 0 Å². The molecule has 0 aromatic rings. The third-order valence-electron chi connectivity index (χ3n) is 3.68. The van der Waals surface area contributed by atoms with E-state index in [1.54, 1.807) is 0 Å². The molecule has 0 bridgehead atoms. The van der Waals surface area contributed by atoms with E-state index in [-0.39, 0.29) is 0 Å². The first-order valence-corrected chi connectivity index (χ1v) is 6.28. The highest BCUT2D eigenvalue weighted by atomic mass is 15.3. The summed E-state index contributed by atoms with van der Waals surface area (Å²) in [5.74, 6) is 0.662. The van der Waals surface area contributed by atoms with Crippen LogP contribution in [0.1, 0.15) is 27.7 Å². The second-order valence-electron chi connectivity index (χ2n) is 5.02. The minimum absolute atomic E-state index is 0.562. The minimum atomic E-state index is 0.562. The number of nitrogens with two attached hydrogens (primary N) is 1. The molecule has 0 aliphatic carbocycles. The standard InChI is InChI=1S/C12H27N3/c1-5-14-6-7-15(9-11(14)4)12(8-13)10(2)3/h10-12H,5-9,13H2,1-4H3. The first-order chi connectivity index (χ1) is 7.10. The Hall–Kier alpha value is -0.120. The number of hydrogen-bond donors (Lipinski definition) is 1. The minimum Gasteiger partial charge on any atom is -0.329 e. The molecule has 1 heterocycles. The van der Waals surface area contributed by atoms with Crippen LogP contribution in [0.4, 0.5) is 0 Å². The van der Waals surface area contributed by atoms with Crippen molar-refractivity contribution in [3.05, 3.63) is 0 Å². The summed E-state index contributed by atoms with van der Waals surface area (Å²) in [6.07, 6.45) is 0. The van der Waals surface area contributed by atoms with Gasteiger partial charge in [-0.3, -0.25) is 9.80 Å². The first-order valence-electron chi connectivity index (χ1n) is 6.28. The van der Waals surface area contributed by atoms with Gasteiger partial charge in [-0.2, -0.15) is 0 Å². The highest BCUT2D eigenvalue weighted by Gasteiger charge is 2.28. The summed E-state index contributed by atoms with van der Waals surface area (Å²) in [6, 6.07) is 1.24. The summed E-state index contributed by atoms with van der Waals surface area (Å²) in [6.45, 7) is 14.6. The molecule has 0 aromatic heterocycles. The highest BCUT2D eigenvalue weighted by Crippen LogP contribution is 2.16. The van der Waals surface area contributed by atoms with Crippen molar-refractivity contribution in [3.63, 3.8) is 0 Å². The molecule has 2 N–H and O–H groups in total. The van der Waals surface area contributed by atoms with Gasteiger partial charge in [0.2, 0.25) is 0 Å². The van der Waals surface area contributed by atoms with Gasteiger partial charge in [-0.25, -0.2) is 0 Å². The lowest BCUT2D eigenvalue weighted by Gasteiger charge is -2.44. The molecular formula is C12H27N3. The van der Waals surface area contributed by atoms with E-state index in [2.05, 4.69) is 37.5 Å². The molecule has 0 spiro atoms. The van der Waals surface area contributed by atoms with Crippen molar-refractivity contribution in [1.82, 2.24) is 9.80 Å². The van der Waals surface area contributed by atoms with E-state index in [0.29, 0.717) is 18.0 Å². The Morgan fingerprint density at radius 1 is 1.33 bits per heavy atom. The zero-order valence-electron chi connectivity index (χ0n) is 10.7. The second-order valence-corrected chi connectivity index (χ2v) is 5.02. The summed E-state index contributed by atoms with van der Waals surface area (Å²) in [5.41, 5.74) is 5.86. The molecule has 2 unspecified atom stereocenters. The Morgan fingerprint density at radius 2 is 2.00 bits per heavy atom. The summed E-state index contributed by atoms with van der Waals surface area (Å²) in [7, 11) is 0. The van der Waals surface area contributed by atoms with E-state index < -0.39 is 0 Å². The maximum atomic E-state index is 5.86. The topological polar surface area (TPSA) is 32.5 Å². The zero-order valence-corrected chi connectivity index (χ0v) is 10.7. The van der Waals surface area contributed by atoms with Gasteiger partial charge >= 0.3 is 0 Å². The predicted octanol–water partition coefficient (Wildman–Crippen LogP) is 0.996. The molecule has 0 saturated carbocycles. The van der Waals surface area contributed by atoms with Gasteiger partial charge in [-0.1, -0.05) is 20.8 Å². The van der Waals surface area contributed by atoms with Crippen LogP contribution >= 0.6 is 0 Å². The normalized spacial score (nSPS) is 27.2. The molecule has 1 aliphatic heterocycles. The number of piperazine rings is 1. The zero-order chi connectivity index (χ0) is 11.4. The first kappa shape index (κ1) is 12.9. The molecule has 0 aromatic carbocycles. The molecule has 1 aliphatic rings. The van der Waals surface area contributed by atoms with Crippen LogP contribution in [-0.4, -0.2) is 54.6 Å². The number of likely N-dealkylation sites (N-methyl/N-ethyl adjacent to an activating group) is 1. The van der Waals surface area contributed by atoms with Gasteiger partial charge in [0, 0.05) is 38.3 Å². The second kappa shape index (κ2) is 5.83. The molecule has 15 heavy (non-hydrogen) atoms. The lowest BCUT2D eigenvalue weighted by Crippen LogP contribution is -2.57. The van der Waals surface area contributed by atoms with Crippen molar-refractivity contribution >= 4 is 0 Å². The van der Waals surface area contributed by atoms with Crippen LogP contribution in [0.2, 0.25) is 0 Å². The fourth-order valence-corrected chi connectivity index (χ4v) is 2.64. The lowest BCUT2D eigenvalue weighted by atomic mass is 10.0. The Kier molecular flexibility index (Phi) is 5.03. The van der Waals surface area contributed by atoms with Gasteiger partial charge in [-0.05, 0) is 19.4 Å². The molecule has 3 nitrogen and oxygen atoms in total. The molecular weight excluding hydrogens is 186 g/mol. The fourth-order valence-electron chi connectivity index (χ4n) is 2.64. The van der Waals surface area contributed by atoms with Crippen molar-refractivity contribution in [2.24, 2.45) is 11.7 Å². The van der Waals surface area contributed by atoms with E-state index in [4.69, 9.17) is 5.73 Å². The van der Waals surface area contributed by atoms with Gasteiger partial charge in [-0.15, -0.1) is 0 Å². The molecule has 0 radical (unpaired) electrons. The number of hydrogen-bond acceptors (Lipinski definition) is 3. The third-order valence-corrected chi connectivity index (χ3v) is 3.68. The number of nitrogens with zero attached hydrogens (tertiary/aromatic N) is 2. The molecule has 90 valence electrons. The average molecular weight is 213 g/mol. The largest absolute Gasteiger partial charge is 0.329 e. The summed E-state index contributed by atoms with van der Waals surface area (Å²) in [5, 5.41) is 0. The van der Waals surface area contributed by atoms with Crippen LogP contribution in [0.5, 0.6) is 0 Å². The fraction of sp³-hybridized carbons (Fsp3) is 1.00. The smallest absolute Gasteiger partial charge is 0.0242 e. The molecule has 0 amide bonds. The summed E-state index contributed by atoms with van der Waals surface area (Å²) < 4.78 is 0. The van der Waals surface area contributed by atoms with Crippen molar-refractivity contribution in [1.29, 1.82) is 0 Å². The highest BCUT2D eigenvalue weighted by molar-refractivity contribution is 4.84. The van der Waals surface area contributed by atoms with E-state index in [0.717, 1.165) is 6.54 Å². The van der Waals surface area contributed by atoms with Crippen molar-refractivity contribution in [3.8, 4) is 0 Å². The molecule has 3 heteroatoms. The molecule has 1 fully saturated rings. The Balaban J connectivity index is 2.52. The van der Waals surface area contributed by atoms with Gasteiger partial charge in [0.05, 0.1) is 0 Å². The predicted molar refractivity (Wildman–Crippen MR) is 66.0 cm³/mol. The number of rotatable bonds is 4. The monoisotopic (exact) mass is 213 g/mol. The van der Waals surface area contributed by atoms with E-state index in [1.165, 1.54) is 26.2 Å². The van der Waals surface area contributed by atoms with Crippen LogP contribution < -0.4 is 5.73 Å². The van der Waals surface area contributed by atoms with E-state index in [9.17, 15) is 0 Å². The quantitative estimate of drug-likeness (QED) is 0.756. The maximum Gasteiger partial charge on any atom is 0.0242 e. The van der Waals surface area contributed by atoms with Crippen molar-refractivity contribution in [2.45, 2.75) is 39.8 Å². The van der Waals surface area contributed by atoms with Crippen LogP contribution in [-0.2, 0) is 0 Å². The Bertz CT molecular complexity index is 182. The molecule has 1 rings (SSSR count). The molecule has 1 saturated heterocycles. The summed E-state index contributed by atoms with van der Waals surface area (Å²) >= 11 is 0. The lowest BCUT2D eigenvalue weighted by molar-refractivity contribution is 0.0467. The Labute approximate surface area is 94.6 Å². The Morgan fingerprint density at radius 3 is 2.40 bits per heavy atom. The average Bonchev–Trinajstić information content (AvgIpc) is 2.18. The maximum absolute atomic E-state index is 5.86. The molecule has 2 atom stereocenters. The van der Waals surface area contributed by atoms with Crippen molar-refractivity contribution < 1.29 is 0 Å². The SMILES string of the molecule is CCN1CCN(C(CN)C(C)C)CC1C. The third kappa shape index (κ3) is 3.16. The van der Waals surface area contributed by atoms with Gasteiger partial charge in [0.1, 0.15) is 0 Å². The summed E-state index contributed by atoms with van der Waals surface area (Å²) in [4.78, 5) is 5.12.